The number of hydrogen-bond acceptors (Lipinski definition) is 4. The second-order valence-corrected chi connectivity index (χ2v) is 5.11. The summed E-state index contributed by atoms with van der Waals surface area (Å²) in [6, 6.07) is 4.85. The Hall–Kier alpha value is -2.14. The lowest BCUT2D eigenvalue weighted by atomic mass is 9.98. The molecule has 0 fully saturated rings. The summed E-state index contributed by atoms with van der Waals surface area (Å²) in [5.74, 6) is -0.394. The topological polar surface area (TPSA) is 72.2 Å². The third kappa shape index (κ3) is 2.83. The smallest absolute Gasteiger partial charge is 0.272 e. The van der Waals surface area contributed by atoms with Crippen LogP contribution in [0.4, 0.5) is 5.69 Å². The number of nitro groups is 1. The van der Waals surface area contributed by atoms with Crippen LogP contribution in [0.15, 0.2) is 35.5 Å². The largest absolute Gasteiger partial charge is 0.391 e. The Kier molecular flexibility index (Phi) is 4.43. The first-order valence-corrected chi connectivity index (χ1v) is 6.90. The molecule has 0 amide bonds. The first-order valence-electron chi connectivity index (χ1n) is 6.47. The highest BCUT2D eigenvalue weighted by molar-refractivity contribution is 6.27. The van der Waals surface area contributed by atoms with E-state index in [1.807, 2.05) is 0 Å². The molecule has 0 aromatic heterocycles. The van der Waals surface area contributed by atoms with Gasteiger partial charge in [0.05, 0.1) is 4.92 Å². The fourth-order valence-corrected chi connectivity index (χ4v) is 2.67. The number of nitro benzene ring substituents is 1. The zero-order chi connectivity index (χ0) is 15.6. The molecule has 6 heteroatoms. The van der Waals surface area contributed by atoms with Gasteiger partial charge in [0.2, 0.25) is 0 Å². The van der Waals surface area contributed by atoms with Crippen LogP contribution in [0.3, 0.4) is 0 Å². The fourth-order valence-electron chi connectivity index (χ4n) is 2.50. The highest BCUT2D eigenvalue weighted by Crippen LogP contribution is 2.36. The van der Waals surface area contributed by atoms with Crippen LogP contribution in [0.25, 0.3) is 5.57 Å². The third-order valence-electron chi connectivity index (χ3n) is 3.61. The van der Waals surface area contributed by atoms with E-state index in [0.29, 0.717) is 23.1 Å². The van der Waals surface area contributed by atoms with E-state index in [2.05, 4.69) is 5.32 Å². The van der Waals surface area contributed by atoms with Crippen molar-refractivity contribution in [2.75, 3.05) is 7.05 Å². The highest BCUT2D eigenvalue weighted by Gasteiger charge is 2.32. The van der Waals surface area contributed by atoms with Crippen LogP contribution < -0.4 is 5.32 Å². The Bertz CT molecular complexity index is 665. The molecule has 0 saturated carbocycles. The van der Waals surface area contributed by atoms with Crippen molar-refractivity contribution < 1.29 is 9.72 Å². The predicted octanol–water partition coefficient (Wildman–Crippen LogP) is 3.18. The molecule has 0 bridgehead atoms. The van der Waals surface area contributed by atoms with Crippen molar-refractivity contribution in [3.05, 3.63) is 56.7 Å². The minimum absolute atomic E-state index is 0.0135. The number of ketones is 1. The van der Waals surface area contributed by atoms with Crippen molar-refractivity contribution in [3.8, 4) is 0 Å². The van der Waals surface area contributed by atoms with Crippen LogP contribution in [0, 0.1) is 23.0 Å². The molecule has 21 heavy (non-hydrogen) atoms. The molecular formula is C15H15ClN2O3. The second-order valence-electron chi connectivity index (χ2n) is 4.86. The highest BCUT2D eigenvalue weighted by atomic mass is 35.5. The number of carbonyl (C=O) groups excluding carboxylic acids is 1. The van der Waals surface area contributed by atoms with E-state index in [1.54, 1.807) is 32.2 Å². The summed E-state index contributed by atoms with van der Waals surface area (Å²) in [5, 5.41) is 14.1. The molecule has 0 spiro atoms. The van der Waals surface area contributed by atoms with Crippen LogP contribution in [0.1, 0.15) is 17.5 Å². The average Bonchev–Trinajstić information content (AvgIpc) is 2.76. The normalized spacial score (nSPS) is 18.6. The molecule has 2 rings (SSSR count). The van der Waals surface area contributed by atoms with Crippen molar-refractivity contribution in [1.82, 2.24) is 5.32 Å². The van der Waals surface area contributed by atoms with Gasteiger partial charge in [-0.1, -0.05) is 29.8 Å². The lowest BCUT2D eigenvalue weighted by Gasteiger charge is -2.07. The van der Waals surface area contributed by atoms with Gasteiger partial charge in [-0.3, -0.25) is 14.9 Å². The second kappa shape index (κ2) is 6.10. The minimum Gasteiger partial charge on any atom is -0.391 e. The van der Waals surface area contributed by atoms with E-state index in [-0.39, 0.29) is 17.4 Å². The summed E-state index contributed by atoms with van der Waals surface area (Å²) >= 11 is 5.56. The van der Waals surface area contributed by atoms with Crippen molar-refractivity contribution >= 4 is 28.6 Å². The Morgan fingerprint density at radius 3 is 2.76 bits per heavy atom. The summed E-state index contributed by atoms with van der Waals surface area (Å²) < 4.78 is 0. The lowest BCUT2D eigenvalue weighted by molar-refractivity contribution is -0.385. The van der Waals surface area contributed by atoms with Crippen LogP contribution in [-0.2, 0) is 4.79 Å². The molecule has 0 radical (unpaired) electrons. The summed E-state index contributed by atoms with van der Waals surface area (Å²) in [6.07, 6.45) is 2.16. The Morgan fingerprint density at radius 2 is 2.19 bits per heavy atom. The maximum absolute atomic E-state index is 12.5. The Morgan fingerprint density at radius 1 is 1.48 bits per heavy atom. The van der Waals surface area contributed by atoms with Crippen molar-refractivity contribution in [2.45, 2.75) is 13.3 Å². The fraction of sp³-hybridized carbons (Fsp3) is 0.267. The minimum atomic E-state index is -0.436. The average molecular weight is 307 g/mol. The molecule has 0 saturated heterocycles. The van der Waals surface area contributed by atoms with Gasteiger partial charge in [-0.05, 0) is 12.5 Å². The Labute approximate surface area is 127 Å². The van der Waals surface area contributed by atoms with Gasteiger partial charge in [0.1, 0.15) is 0 Å². The lowest BCUT2D eigenvalue weighted by Crippen LogP contribution is -2.07. The van der Waals surface area contributed by atoms with Crippen LogP contribution in [-0.4, -0.2) is 17.8 Å². The maximum Gasteiger partial charge on any atom is 0.272 e. The molecule has 1 aliphatic carbocycles. The molecule has 5 nitrogen and oxygen atoms in total. The van der Waals surface area contributed by atoms with Crippen LogP contribution >= 0.6 is 11.6 Å². The molecule has 1 aliphatic rings. The van der Waals surface area contributed by atoms with Gasteiger partial charge >= 0.3 is 0 Å². The first-order chi connectivity index (χ1) is 9.99. The number of nitrogens with zero attached hydrogens (tertiary/aromatic N) is 1. The van der Waals surface area contributed by atoms with E-state index in [1.165, 1.54) is 11.6 Å². The molecular weight excluding hydrogens is 292 g/mol. The Balaban J connectivity index is 2.51. The summed E-state index contributed by atoms with van der Waals surface area (Å²) in [6.45, 7) is 1.67. The van der Waals surface area contributed by atoms with Gasteiger partial charge in [0, 0.05) is 47.8 Å². The van der Waals surface area contributed by atoms with E-state index < -0.39 is 4.92 Å². The van der Waals surface area contributed by atoms with Crippen molar-refractivity contribution in [1.29, 1.82) is 0 Å². The molecule has 1 atom stereocenters. The van der Waals surface area contributed by atoms with Gasteiger partial charge in [0.15, 0.2) is 5.78 Å². The van der Waals surface area contributed by atoms with Gasteiger partial charge in [0.25, 0.3) is 5.69 Å². The number of hydrogen-bond donors (Lipinski definition) is 1. The SMILES string of the molecule is CNC1=C(c2ccc(C)c([N+](=O)[O-])c2)C(=O)C(/C=C/Cl)C1. The zero-order valence-corrected chi connectivity index (χ0v) is 12.5. The van der Waals surface area contributed by atoms with E-state index in [9.17, 15) is 14.9 Å². The zero-order valence-electron chi connectivity index (χ0n) is 11.7. The molecule has 110 valence electrons. The first kappa shape index (κ1) is 15.3. The standard InChI is InChI=1S/C15H15ClN2O3/c1-9-3-4-10(8-13(9)18(20)21)14-12(17-2)7-11(5-6-16)15(14)19/h3-6,8,11,17H,7H2,1-2H3/b6-5+. The van der Waals surface area contributed by atoms with E-state index in [0.717, 1.165) is 5.70 Å². The predicted molar refractivity (Wildman–Crippen MR) is 81.9 cm³/mol. The summed E-state index contributed by atoms with van der Waals surface area (Å²) in [7, 11) is 1.73. The monoisotopic (exact) mass is 306 g/mol. The molecule has 1 aromatic rings. The van der Waals surface area contributed by atoms with Crippen molar-refractivity contribution in [2.24, 2.45) is 5.92 Å². The van der Waals surface area contributed by atoms with Gasteiger partial charge in [-0.2, -0.15) is 0 Å². The van der Waals surface area contributed by atoms with Gasteiger partial charge < -0.3 is 5.32 Å². The van der Waals surface area contributed by atoms with Crippen molar-refractivity contribution in [3.63, 3.8) is 0 Å². The number of nitrogens with one attached hydrogen (secondary N) is 1. The molecule has 1 N–H and O–H groups in total. The number of aryl methyl sites for hydroxylation is 1. The molecule has 1 aromatic carbocycles. The van der Waals surface area contributed by atoms with Crippen LogP contribution in [0.2, 0.25) is 0 Å². The number of benzene rings is 1. The molecule has 1 unspecified atom stereocenters. The maximum atomic E-state index is 12.5. The van der Waals surface area contributed by atoms with E-state index >= 15 is 0 Å². The number of carbonyl (C=O) groups is 1. The number of halogens is 1. The third-order valence-corrected chi connectivity index (χ3v) is 3.76. The van der Waals surface area contributed by atoms with E-state index in [4.69, 9.17) is 11.6 Å². The van der Waals surface area contributed by atoms with Gasteiger partial charge in [-0.25, -0.2) is 0 Å². The molecule has 0 aliphatic heterocycles. The quantitative estimate of drug-likeness (QED) is 0.685. The number of allylic oxidation sites excluding steroid dienone is 3. The summed E-state index contributed by atoms with van der Waals surface area (Å²) in [5.41, 5.74) is 3.75. The molecule has 0 heterocycles. The number of Topliss-reactive ketones (excluding diaryl/α,β-unsaturated/α-hetero) is 1. The van der Waals surface area contributed by atoms with Gasteiger partial charge in [-0.15, -0.1) is 0 Å². The van der Waals surface area contributed by atoms with Crippen LogP contribution in [0.5, 0.6) is 0 Å². The summed E-state index contributed by atoms with van der Waals surface area (Å²) in [4.78, 5) is 23.1. The number of rotatable bonds is 4.